The molecule has 6 nitrogen and oxygen atoms in total. The maximum absolute atomic E-state index is 12.4. The summed E-state index contributed by atoms with van der Waals surface area (Å²) in [7, 11) is 3.53. The molecule has 2 heterocycles. The Morgan fingerprint density at radius 3 is 2.87 bits per heavy atom. The summed E-state index contributed by atoms with van der Waals surface area (Å²) in [4.78, 5) is 17.9. The number of ketones is 1. The van der Waals surface area contributed by atoms with Crippen molar-refractivity contribution >= 4 is 22.4 Å². The first-order valence-electron chi connectivity index (χ1n) is 10.8. The van der Waals surface area contributed by atoms with Gasteiger partial charge in [-0.25, -0.2) is 0 Å². The molecule has 1 aromatic carbocycles. The third-order valence-electron chi connectivity index (χ3n) is 6.37. The lowest BCUT2D eigenvalue weighted by atomic mass is 9.76. The predicted molar refractivity (Wildman–Crippen MR) is 121 cm³/mol. The number of ether oxygens (including phenoxy) is 1. The third-order valence-corrected chi connectivity index (χ3v) is 6.37. The summed E-state index contributed by atoms with van der Waals surface area (Å²) in [5.74, 6) is 0.0980. The van der Waals surface area contributed by atoms with Gasteiger partial charge in [0.25, 0.3) is 0 Å². The summed E-state index contributed by atoms with van der Waals surface area (Å²) < 4.78 is 5.28. The quantitative estimate of drug-likeness (QED) is 0.603. The van der Waals surface area contributed by atoms with Gasteiger partial charge in [-0.15, -0.1) is 0 Å². The summed E-state index contributed by atoms with van der Waals surface area (Å²) in [5, 5.41) is 9.05. The summed E-state index contributed by atoms with van der Waals surface area (Å²) in [6, 6.07) is 8.42. The zero-order chi connectivity index (χ0) is 21.5. The average Bonchev–Trinajstić information content (AvgIpc) is 3.30. The van der Waals surface area contributed by atoms with Crippen LogP contribution in [0.2, 0.25) is 0 Å². The lowest BCUT2D eigenvalue weighted by Crippen LogP contribution is -2.34. The van der Waals surface area contributed by atoms with E-state index in [4.69, 9.17) is 4.74 Å². The fraction of sp³-hybridized carbons (Fsp3) is 0.500. The van der Waals surface area contributed by atoms with Crippen molar-refractivity contribution in [3.05, 3.63) is 35.5 Å². The molecule has 0 aliphatic heterocycles. The number of anilines is 1. The van der Waals surface area contributed by atoms with Crippen LogP contribution in [0.3, 0.4) is 0 Å². The number of Topliss-reactive ketones (excluding diaryl/α,β-unsaturated/α-hetero) is 1. The molecule has 30 heavy (non-hydrogen) atoms. The van der Waals surface area contributed by atoms with E-state index in [1.54, 1.807) is 7.11 Å². The largest absolute Gasteiger partial charge is 0.374 e. The van der Waals surface area contributed by atoms with Crippen LogP contribution in [-0.4, -0.2) is 47.8 Å². The van der Waals surface area contributed by atoms with Crippen LogP contribution in [0.25, 0.3) is 22.3 Å². The number of nitrogens with zero attached hydrogens (tertiary/aromatic N) is 2. The Morgan fingerprint density at radius 2 is 2.13 bits per heavy atom. The summed E-state index contributed by atoms with van der Waals surface area (Å²) in [6.45, 7) is 6.93. The van der Waals surface area contributed by atoms with Crippen molar-refractivity contribution < 1.29 is 9.53 Å². The number of aromatic amines is 2. The molecule has 1 atom stereocenters. The SMILES string of the molecule is CCC(OC)C(=O)CN(C)c1ccc2cc(-c3n[nH]c4c3CCC(C)(C)C4)[nH]c2c1. The second-order valence-electron chi connectivity index (χ2n) is 9.28. The zero-order valence-corrected chi connectivity index (χ0v) is 18.6. The smallest absolute Gasteiger partial charge is 0.180 e. The van der Waals surface area contributed by atoms with Crippen molar-refractivity contribution in [2.75, 3.05) is 25.6 Å². The predicted octanol–water partition coefficient (Wildman–Crippen LogP) is 4.50. The maximum Gasteiger partial charge on any atom is 0.180 e. The van der Waals surface area contributed by atoms with Crippen molar-refractivity contribution in [1.29, 1.82) is 0 Å². The van der Waals surface area contributed by atoms with Crippen molar-refractivity contribution in [2.24, 2.45) is 5.41 Å². The number of fused-ring (bicyclic) bond motifs is 2. The van der Waals surface area contributed by atoms with Gasteiger partial charge in [-0.3, -0.25) is 9.89 Å². The molecule has 1 unspecified atom stereocenters. The molecule has 2 aromatic heterocycles. The topological polar surface area (TPSA) is 74.0 Å². The molecule has 2 N–H and O–H groups in total. The summed E-state index contributed by atoms with van der Waals surface area (Å²) in [5.41, 5.74) is 7.07. The highest BCUT2D eigenvalue weighted by Crippen LogP contribution is 2.38. The number of likely N-dealkylation sites (N-methyl/N-ethyl adjacent to an activating group) is 1. The lowest BCUT2D eigenvalue weighted by Gasteiger charge is -2.28. The van der Waals surface area contributed by atoms with E-state index in [1.807, 2.05) is 18.9 Å². The molecule has 6 heteroatoms. The molecule has 0 spiro atoms. The third kappa shape index (κ3) is 3.88. The van der Waals surface area contributed by atoms with E-state index in [9.17, 15) is 4.79 Å². The van der Waals surface area contributed by atoms with E-state index in [2.05, 4.69) is 53.3 Å². The number of hydrogen-bond acceptors (Lipinski definition) is 4. The number of nitrogens with one attached hydrogen (secondary N) is 2. The van der Waals surface area contributed by atoms with Gasteiger partial charge in [0.15, 0.2) is 5.78 Å². The fourth-order valence-electron chi connectivity index (χ4n) is 4.50. The number of rotatable bonds is 7. The first-order chi connectivity index (χ1) is 14.3. The van der Waals surface area contributed by atoms with Gasteiger partial charge in [0, 0.05) is 42.0 Å². The molecule has 0 saturated carbocycles. The van der Waals surface area contributed by atoms with E-state index in [0.717, 1.165) is 40.8 Å². The van der Waals surface area contributed by atoms with Crippen molar-refractivity contribution in [1.82, 2.24) is 15.2 Å². The number of hydrogen-bond donors (Lipinski definition) is 2. The Bertz CT molecular complexity index is 1060. The van der Waals surface area contributed by atoms with Gasteiger partial charge < -0.3 is 14.6 Å². The highest BCUT2D eigenvalue weighted by Gasteiger charge is 2.29. The second kappa shape index (κ2) is 7.91. The normalized spacial score (nSPS) is 16.4. The van der Waals surface area contributed by atoms with E-state index in [0.29, 0.717) is 18.4 Å². The molecule has 0 fully saturated rings. The molecule has 3 aromatic rings. The first kappa shape index (κ1) is 20.7. The molecule has 1 aliphatic carbocycles. The molecule has 1 aliphatic rings. The van der Waals surface area contributed by atoms with E-state index in [1.165, 1.54) is 17.7 Å². The highest BCUT2D eigenvalue weighted by atomic mass is 16.5. The summed E-state index contributed by atoms with van der Waals surface area (Å²) in [6.07, 6.45) is 3.61. The van der Waals surface area contributed by atoms with Crippen molar-refractivity contribution in [3.63, 3.8) is 0 Å². The second-order valence-corrected chi connectivity index (χ2v) is 9.28. The van der Waals surface area contributed by atoms with Crippen LogP contribution in [-0.2, 0) is 22.4 Å². The van der Waals surface area contributed by atoms with Gasteiger partial charge in [0.2, 0.25) is 0 Å². The van der Waals surface area contributed by atoms with Gasteiger partial charge in [0.1, 0.15) is 11.8 Å². The molecular weight excluding hydrogens is 376 g/mol. The molecule has 0 bridgehead atoms. The number of carbonyl (C=O) groups excluding carboxylic acids is 1. The monoisotopic (exact) mass is 408 g/mol. The van der Waals surface area contributed by atoms with Crippen molar-refractivity contribution in [3.8, 4) is 11.4 Å². The molecule has 0 amide bonds. The molecule has 4 rings (SSSR count). The number of methoxy groups -OCH3 is 1. The van der Waals surface area contributed by atoms with Crippen LogP contribution in [0.5, 0.6) is 0 Å². The van der Waals surface area contributed by atoms with Gasteiger partial charge in [-0.05, 0) is 49.3 Å². The zero-order valence-electron chi connectivity index (χ0n) is 18.6. The van der Waals surface area contributed by atoms with Crippen LogP contribution < -0.4 is 4.90 Å². The molecule has 0 radical (unpaired) electrons. The number of H-pyrrole nitrogens is 2. The molecule has 160 valence electrons. The van der Waals surface area contributed by atoms with Gasteiger partial charge in [0.05, 0.1) is 12.2 Å². The van der Waals surface area contributed by atoms with Crippen LogP contribution in [0.4, 0.5) is 5.69 Å². The van der Waals surface area contributed by atoms with Gasteiger partial charge >= 0.3 is 0 Å². The van der Waals surface area contributed by atoms with E-state index >= 15 is 0 Å². The van der Waals surface area contributed by atoms with Crippen LogP contribution in [0.1, 0.15) is 44.9 Å². The highest BCUT2D eigenvalue weighted by molar-refractivity contribution is 5.90. The summed E-state index contributed by atoms with van der Waals surface area (Å²) >= 11 is 0. The lowest BCUT2D eigenvalue weighted by molar-refractivity contribution is -0.127. The average molecular weight is 409 g/mol. The Hall–Kier alpha value is -2.60. The Morgan fingerprint density at radius 1 is 1.33 bits per heavy atom. The maximum atomic E-state index is 12.4. The minimum atomic E-state index is -0.343. The molecular formula is C24H32N4O2. The van der Waals surface area contributed by atoms with Crippen molar-refractivity contribution in [2.45, 2.75) is 52.6 Å². The number of carbonyl (C=O) groups is 1. The minimum absolute atomic E-state index is 0.0980. The number of aromatic nitrogens is 3. The number of benzene rings is 1. The fourth-order valence-corrected chi connectivity index (χ4v) is 4.50. The van der Waals surface area contributed by atoms with Crippen LogP contribution in [0.15, 0.2) is 24.3 Å². The molecule has 0 saturated heterocycles. The Balaban J connectivity index is 1.58. The van der Waals surface area contributed by atoms with Gasteiger partial charge in [-0.1, -0.05) is 26.8 Å². The standard InChI is InChI=1S/C24H32N4O2/c1-6-22(30-5)21(29)14-28(4)16-8-7-15-11-19(25-18(15)12-16)23-17-9-10-24(2,3)13-20(17)26-27-23/h7-8,11-12,22,25H,6,9-10,13-14H2,1-5H3,(H,26,27). The Kier molecular flexibility index (Phi) is 5.45. The van der Waals surface area contributed by atoms with Crippen LogP contribution in [0, 0.1) is 5.41 Å². The van der Waals surface area contributed by atoms with E-state index < -0.39 is 0 Å². The van der Waals surface area contributed by atoms with Gasteiger partial charge in [-0.2, -0.15) is 5.10 Å². The van der Waals surface area contributed by atoms with E-state index in [-0.39, 0.29) is 11.9 Å². The first-order valence-corrected chi connectivity index (χ1v) is 10.8. The minimum Gasteiger partial charge on any atom is -0.374 e. The Labute approximate surface area is 178 Å². The van der Waals surface area contributed by atoms with Crippen LogP contribution >= 0.6 is 0 Å².